The molecule has 1 aromatic carbocycles. The van der Waals surface area contributed by atoms with Crippen molar-refractivity contribution in [3.63, 3.8) is 0 Å². The van der Waals surface area contributed by atoms with Crippen LogP contribution in [0.3, 0.4) is 0 Å². The predicted octanol–water partition coefficient (Wildman–Crippen LogP) is 4.19. The van der Waals surface area contributed by atoms with Crippen molar-refractivity contribution in [3.05, 3.63) is 41.7 Å². The van der Waals surface area contributed by atoms with E-state index in [1.807, 2.05) is 18.2 Å². The largest absolute Gasteiger partial charge is 0.449 e. The van der Waals surface area contributed by atoms with Crippen LogP contribution in [0.4, 0.5) is 5.69 Å². The quantitative estimate of drug-likeness (QED) is 0.844. The van der Waals surface area contributed by atoms with Gasteiger partial charge in [-0.05, 0) is 56.2 Å². The van der Waals surface area contributed by atoms with Crippen molar-refractivity contribution in [1.82, 2.24) is 0 Å². The van der Waals surface area contributed by atoms with Gasteiger partial charge in [-0.15, -0.1) is 0 Å². The molecular formula is C19H25NO2. The Morgan fingerprint density at radius 1 is 1.05 bits per heavy atom. The molecule has 2 atom stereocenters. The van der Waals surface area contributed by atoms with E-state index in [0.29, 0.717) is 0 Å². The van der Waals surface area contributed by atoms with Gasteiger partial charge in [0.25, 0.3) is 5.91 Å². The van der Waals surface area contributed by atoms with E-state index >= 15 is 0 Å². The third kappa shape index (κ3) is 2.32. The van der Waals surface area contributed by atoms with Gasteiger partial charge >= 0.3 is 0 Å². The smallest absolute Gasteiger partial charge is 0.295 e. The van der Waals surface area contributed by atoms with Gasteiger partial charge in [0.05, 0.1) is 0 Å². The van der Waals surface area contributed by atoms with Crippen LogP contribution in [-0.2, 0) is 4.74 Å². The summed E-state index contributed by atoms with van der Waals surface area (Å²) in [6.07, 6.45) is 8.96. The van der Waals surface area contributed by atoms with Gasteiger partial charge in [0.1, 0.15) is 5.76 Å². The molecule has 4 rings (SSSR count). The van der Waals surface area contributed by atoms with E-state index in [9.17, 15) is 5.11 Å². The Morgan fingerprint density at radius 3 is 2.73 bits per heavy atom. The lowest BCUT2D eigenvalue weighted by Gasteiger charge is -2.48. The van der Waals surface area contributed by atoms with Gasteiger partial charge < -0.3 is 14.7 Å². The number of nitrogens with zero attached hydrogens (tertiary/aromatic N) is 1. The number of fused-ring (bicyclic) bond motifs is 1. The number of hydrogen-bond acceptors (Lipinski definition) is 3. The number of benzene rings is 1. The van der Waals surface area contributed by atoms with Crippen LogP contribution in [0.1, 0.15) is 51.4 Å². The molecule has 1 N–H and O–H groups in total. The van der Waals surface area contributed by atoms with E-state index in [0.717, 1.165) is 50.1 Å². The Labute approximate surface area is 132 Å². The van der Waals surface area contributed by atoms with E-state index in [2.05, 4.69) is 17.0 Å². The molecule has 1 aliphatic carbocycles. The molecule has 22 heavy (non-hydrogen) atoms. The first-order valence-electron chi connectivity index (χ1n) is 8.72. The summed E-state index contributed by atoms with van der Waals surface area (Å²) in [5.41, 5.74) is 2.53. The normalized spacial score (nSPS) is 31.9. The zero-order valence-electron chi connectivity index (χ0n) is 13.1. The molecule has 1 aromatic rings. The summed E-state index contributed by atoms with van der Waals surface area (Å²) in [7, 11) is 0. The fourth-order valence-electron chi connectivity index (χ4n) is 4.28. The summed E-state index contributed by atoms with van der Waals surface area (Å²) in [5.74, 6) is 0.105. The van der Waals surface area contributed by atoms with Gasteiger partial charge in [-0.25, -0.2) is 0 Å². The highest BCUT2D eigenvalue weighted by atomic mass is 16.7. The summed E-state index contributed by atoms with van der Waals surface area (Å²) in [6, 6.07) is 10.2. The topological polar surface area (TPSA) is 32.7 Å². The second-order valence-corrected chi connectivity index (χ2v) is 6.88. The standard InChI is InChI=1S/C19H25NO2/c21-19-16(14-15-8-4-5-12-18(15)22-19)9-6-7-13-20(19)17-10-2-1-3-11-17/h1-3,10-11,16,21H,4-9,12-14H2. The van der Waals surface area contributed by atoms with Gasteiger partial charge in [0.2, 0.25) is 0 Å². The Kier molecular flexibility index (Phi) is 3.61. The fraction of sp³-hybridized carbons (Fsp3) is 0.579. The average molecular weight is 299 g/mol. The van der Waals surface area contributed by atoms with Crippen LogP contribution in [0.2, 0.25) is 0 Å². The molecule has 118 valence electrons. The van der Waals surface area contributed by atoms with Crippen molar-refractivity contribution in [1.29, 1.82) is 0 Å². The Bertz CT molecular complexity index is 568. The first-order valence-corrected chi connectivity index (χ1v) is 8.72. The molecule has 0 bridgehead atoms. The Hall–Kier alpha value is -1.48. The van der Waals surface area contributed by atoms with Crippen molar-refractivity contribution in [2.45, 2.75) is 57.3 Å². The zero-order valence-corrected chi connectivity index (χ0v) is 13.1. The number of hydrogen-bond donors (Lipinski definition) is 1. The summed E-state index contributed by atoms with van der Waals surface area (Å²) in [6.45, 7) is 0.861. The van der Waals surface area contributed by atoms with Gasteiger partial charge in [-0.2, -0.15) is 0 Å². The molecule has 0 saturated carbocycles. The number of para-hydroxylation sites is 1. The molecule has 1 saturated heterocycles. The summed E-state index contributed by atoms with van der Waals surface area (Å²) in [4.78, 5) is 2.10. The molecule has 0 aromatic heterocycles. The van der Waals surface area contributed by atoms with Crippen LogP contribution in [0.5, 0.6) is 0 Å². The van der Waals surface area contributed by atoms with Gasteiger partial charge in [0.15, 0.2) is 0 Å². The maximum absolute atomic E-state index is 11.5. The second-order valence-electron chi connectivity index (χ2n) is 6.88. The zero-order chi connectivity index (χ0) is 15.0. The third-order valence-electron chi connectivity index (χ3n) is 5.46. The van der Waals surface area contributed by atoms with Crippen LogP contribution in [0, 0.1) is 5.92 Å². The summed E-state index contributed by atoms with van der Waals surface area (Å²) < 4.78 is 6.29. The lowest BCUT2D eigenvalue weighted by atomic mass is 9.83. The predicted molar refractivity (Wildman–Crippen MR) is 87.3 cm³/mol. The number of ether oxygens (including phenoxy) is 1. The van der Waals surface area contributed by atoms with Crippen LogP contribution < -0.4 is 4.90 Å². The highest BCUT2D eigenvalue weighted by Gasteiger charge is 2.50. The minimum absolute atomic E-state index is 0.187. The van der Waals surface area contributed by atoms with E-state index in [-0.39, 0.29) is 5.92 Å². The van der Waals surface area contributed by atoms with Crippen molar-refractivity contribution < 1.29 is 9.84 Å². The molecular weight excluding hydrogens is 274 g/mol. The molecule has 0 spiro atoms. The lowest BCUT2D eigenvalue weighted by molar-refractivity contribution is -0.224. The average Bonchev–Trinajstić information content (AvgIpc) is 2.71. The monoisotopic (exact) mass is 299 g/mol. The van der Waals surface area contributed by atoms with E-state index in [1.54, 1.807) is 0 Å². The molecule has 2 aliphatic heterocycles. The van der Waals surface area contributed by atoms with Gasteiger partial charge in [-0.1, -0.05) is 24.6 Å². The maximum Gasteiger partial charge on any atom is 0.295 e. The highest BCUT2D eigenvalue weighted by molar-refractivity contribution is 5.48. The Balaban J connectivity index is 1.72. The van der Waals surface area contributed by atoms with Gasteiger partial charge in [0, 0.05) is 24.6 Å². The molecule has 1 fully saturated rings. The fourth-order valence-corrected chi connectivity index (χ4v) is 4.28. The molecule has 3 nitrogen and oxygen atoms in total. The SMILES string of the molecule is OC12OC3=C(CCCC3)CC1CCCCN2c1ccccc1. The molecule has 3 aliphatic rings. The summed E-state index contributed by atoms with van der Waals surface area (Å²) in [5, 5.41) is 11.5. The first kappa shape index (κ1) is 14.1. The molecule has 2 unspecified atom stereocenters. The second kappa shape index (κ2) is 5.62. The van der Waals surface area contributed by atoms with Crippen molar-refractivity contribution in [2.75, 3.05) is 11.4 Å². The first-order chi connectivity index (χ1) is 10.8. The highest BCUT2D eigenvalue weighted by Crippen LogP contribution is 2.47. The maximum atomic E-state index is 11.5. The lowest BCUT2D eigenvalue weighted by Crippen LogP contribution is -2.57. The Morgan fingerprint density at radius 2 is 1.86 bits per heavy atom. The number of rotatable bonds is 1. The third-order valence-corrected chi connectivity index (χ3v) is 5.46. The van der Waals surface area contributed by atoms with Gasteiger partial charge in [-0.3, -0.25) is 0 Å². The minimum Gasteiger partial charge on any atom is -0.449 e. The van der Waals surface area contributed by atoms with Crippen LogP contribution >= 0.6 is 0 Å². The van der Waals surface area contributed by atoms with E-state index in [1.165, 1.54) is 24.8 Å². The number of allylic oxidation sites excluding steroid dienone is 2. The minimum atomic E-state index is -1.16. The van der Waals surface area contributed by atoms with E-state index in [4.69, 9.17) is 4.74 Å². The molecule has 0 radical (unpaired) electrons. The van der Waals surface area contributed by atoms with Crippen molar-refractivity contribution in [2.24, 2.45) is 5.92 Å². The molecule has 0 amide bonds. The van der Waals surface area contributed by atoms with Crippen molar-refractivity contribution in [3.8, 4) is 0 Å². The number of anilines is 1. The molecule has 2 heterocycles. The number of aliphatic hydroxyl groups is 1. The van der Waals surface area contributed by atoms with Crippen molar-refractivity contribution >= 4 is 5.69 Å². The van der Waals surface area contributed by atoms with E-state index < -0.39 is 5.91 Å². The summed E-state index contributed by atoms with van der Waals surface area (Å²) >= 11 is 0. The molecule has 3 heteroatoms. The van der Waals surface area contributed by atoms with Crippen LogP contribution in [0.25, 0.3) is 0 Å². The van der Waals surface area contributed by atoms with Crippen LogP contribution in [-0.4, -0.2) is 17.6 Å². The van der Waals surface area contributed by atoms with Crippen LogP contribution in [0.15, 0.2) is 41.7 Å².